The standard InChI is InChI=1S/C20H33Cl2N5O.ClH/c1-3-5-7-15(4-2)14-28-11-6-10-25-19(23)27-20(24)26-13-16-8-9-17(21)18(22)12-16;/h8-9,12,15H,3-7,10-11,13-14H2,1-2H3,(H5,23,24,25,26,27);1H. The minimum Gasteiger partial charge on any atom is -0.381 e. The zero-order chi connectivity index (χ0) is 20.8. The summed E-state index contributed by atoms with van der Waals surface area (Å²) in [5.74, 6) is 0.775. The fraction of sp³-hybridized carbons (Fsp3) is 0.600. The lowest BCUT2D eigenvalue weighted by molar-refractivity contribution is 0.0927. The van der Waals surface area contributed by atoms with Gasteiger partial charge in [0.15, 0.2) is 11.9 Å². The van der Waals surface area contributed by atoms with Crippen LogP contribution in [-0.4, -0.2) is 31.7 Å². The van der Waals surface area contributed by atoms with Crippen LogP contribution in [0.4, 0.5) is 0 Å². The van der Waals surface area contributed by atoms with Gasteiger partial charge in [0.05, 0.1) is 10.0 Å². The van der Waals surface area contributed by atoms with E-state index in [4.69, 9.17) is 38.8 Å². The zero-order valence-electron chi connectivity index (χ0n) is 17.2. The Morgan fingerprint density at radius 1 is 1.07 bits per heavy atom. The average Bonchev–Trinajstić information content (AvgIpc) is 2.67. The highest BCUT2D eigenvalue weighted by atomic mass is 35.5. The van der Waals surface area contributed by atoms with Crippen molar-refractivity contribution in [3.8, 4) is 0 Å². The Hall–Kier alpha value is -1.21. The quantitative estimate of drug-likeness (QED) is 0.167. The van der Waals surface area contributed by atoms with Crippen LogP contribution >= 0.6 is 35.6 Å². The lowest BCUT2D eigenvalue weighted by Gasteiger charge is -2.15. The van der Waals surface area contributed by atoms with Gasteiger partial charge in [-0.2, -0.15) is 0 Å². The number of hydrogen-bond donors (Lipinski definition) is 5. The summed E-state index contributed by atoms with van der Waals surface area (Å²) in [5, 5.41) is 25.2. The number of nitrogens with one attached hydrogen (secondary N) is 5. The third-order valence-corrected chi connectivity index (χ3v) is 5.11. The van der Waals surface area contributed by atoms with Crippen LogP contribution in [-0.2, 0) is 11.3 Å². The summed E-state index contributed by atoms with van der Waals surface area (Å²) in [6.07, 6.45) is 5.70. The van der Waals surface area contributed by atoms with E-state index >= 15 is 0 Å². The Morgan fingerprint density at radius 3 is 2.45 bits per heavy atom. The van der Waals surface area contributed by atoms with E-state index in [-0.39, 0.29) is 24.3 Å². The molecule has 0 radical (unpaired) electrons. The fourth-order valence-electron chi connectivity index (χ4n) is 2.59. The maximum absolute atomic E-state index is 7.85. The number of benzene rings is 1. The van der Waals surface area contributed by atoms with Gasteiger partial charge in [-0.05, 0) is 36.5 Å². The molecule has 0 saturated heterocycles. The minimum atomic E-state index is 0. The largest absolute Gasteiger partial charge is 0.381 e. The highest BCUT2D eigenvalue weighted by molar-refractivity contribution is 6.42. The average molecular weight is 467 g/mol. The van der Waals surface area contributed by atoms with Crippen molar-refractivity contribution in [1.82, 2.24) is 16.0 Å². The van der Waals surface area contributed by atoms with E-state index in [9.17, 15) is 0 Å². The summed E-state index contributed by atoms with van der Waals surface area (Å²) in [5.41, 5.74) is 0.905. The van der Waals surface area contributed by atoms with Crippen molar-refractivity contribution in [3.05, 3.63) is 33.8 Å². The second-order valence-corrected chi connectivity index (χ2v) is 7.56. The van der Waals surface area contributed by atoms with Crippen molar-refractivity contribution in [3.63, 3.8) is 0 Å². The van der Waals surface area contributed by atoms with Crippen LogP contribution < -0.4 is 16.0 Å². The minimum absolute atomic E-state index is 0. The smallest absolute Gasteiger partial charge is 0.195 e. The second-order valence-electron chi connectivity index (χ2n) is 6.75. The fourth-order valence-corrected chi connectivity index (χ4v) is 2.91. The molecular weight excluding hydrogens is 433 g/mol. The molecule has 1 atom stereocenters. The van der Waals surface area contributed by atoms with E-state index in [1.165, 1.54) is 19.3 Å². The molecule has 0 amide bonds. The first kappa shape index (κ1) is 27.8. The van der Waals surface area contributed by atoms with E-state index < -0.39 is 0 Å². The number of hydrogen-bond acceptors (Lipinski definition) is 3. The molecule has 0 saturated carbocycles. The molecule has 0 aliphatic heterocycles. The molecule has 0 aliphatic carbocycles. The molecule has 0 bridgehead atoms. The molecule has 6 nitrogen and oxygen atoms in total. The number of rotatable bonds is 12. The molecular formula is C20H34Cl3N5O. The van der Waals surface area contributed by atoms with Crippen LogP contribution in [0.25, 0.3) is 0 Å². The molecule has 0 spiro atoms. The Morgan fingerprint density at radius 2 is 1.79 bits per heavy atom. The van der Waals surface area contributed by atoms with Crippen molar-refractivity contribution in [1.29, 1.82) is 10.8 Å². The Balaban J connectivity index is 0.00000784. The third kappa shape index (κ3) is 12.9. The topological polar surface area (TPSA) is 93.0 Å². The summed E-state index contributed by atoms with van der Waals surface area (Å²) >= 11 is 11.9. The predicted molar refractivity (Wildman–Crippen MR) is 126 cm³/mol. The zero-order valence-corrected chi connectivity index (χ0v) is 19.6. The first-order valence-corrected chi connectivity index (χ1v) is 10.6. The molecule has 5 N–H and O–H groups in total. The normalized spacial score (nSPS) is 11.3. The van der Waals surface area contributed by atoms with Gasteiger partial charge in [-0.15, -0.1) is 12.4 Å². The van der Waals surface area contributed by atoms with Crippen LogP contribution in [0.1, 0.15) is 51.5 Å². The summed E-state index contributed by atoms with van der Waals surface area (Å²) in [6, 6.07) is 5.30. The van der Waals surface area contributed by atoms with Crippen LogP contribution in [0.15, 0.2) is 18.2 Å². The SMILES string of the molecule is CCCCC(CC)COCCCNC(=N)NC(=N)NCc1ccc(Cl)c(Cl)c1.Cl. The molecule has 166 valence electrons. The van der Waals surface area contributed by atoms with E-state index in [0.29, 0.717) is 35.7 Å². The summed E-state index contributed by atoms with van der Waals surface area (Å²) < 4.78 is 5.75. The van der Waals surface area contributed by atoms with Crippen LogP contribution in [0.3, 0.4) is 0 Å². The number of halogens is 3. The highest BCUT2D eigenvalue weighted by Gasteiger charge is 2.06. The van der Waals surface area contributed by atoms with Gasteiger partial charge in [0.25, 0.3) is 0 Å². The number of unbranched alkanes of at least 4 members (excludes halogenated alkanes) is 1. The van der Waals surface area contributed by atoms with Crippen LogP contribution in [0.5, 0.6) is 0 Å². The van der Waals surface area contributed by atoms with Crippen molar-refractivity contribution in [2.75, 3.05) is 19.8 Å². The van der Waals surface area contributed by atoms with E-state index in [1.807, 2.05) is 6.07 Å². The Labute approximate surface area is 190 Å². The molecule has 0 aliphatic rings. The van der Waals surface area contributed by atoms with Gasteiger partial charge in [0.1, 0.15) is 0 Å². The van der Waals surface area contributed by atoms with Crippen molar-refractivity contribution in [2.45, 2.75) is 52.5 Å². The molecule has 9 heteroatoms. The monoisotopic (exact) mass is 465 g/mol. The van der Waals surface area contributed by atoms with Crippen molar-refractivity contribution in [2.24, 2.45) is 5.92 Å². The Bertz CT molecular complexity index is 616. The Kier molecular flexibility index (Phi) is 15.9. The second kappa shape index (κ2) is 16.6. The van der Waals surface area contributed by atoms with Gasteiger partial charge in [0, 0.05) is 26.3 Å². The highest BCUT2D eigenvalue weighted by Crippen LogP contribution is 2.22. The first-order valence-electron chi connectivity index (χ1n) is 9.89. The van der Waals surface area contributed by atoms with Gasteiger partial charge in [-0.3, -0.25) is 16.1 Å². The van der Waals surface area contributed by atoms with E-state index in [0.717, 1.165) is 25.0 Å². The third-order valence-electron chi connectivity index (χ3n) is 4.37. The van der Waals surface area contributed by atoms with E-state index in [2.05, 4.69) is 29.8 Å². The summed E-state index contributed by atoms with van der Waals surface area (Å²) in [6.45, 7) is 6.96. The summed E-state index contributed by atoms with van der Waals surface area (Å²) in [4.78, 5) is 0. The van der Waals surface area contributed by atoms with E-state index in [1.54, 1.807) is 12.1 Å². The van der Waals surface area contributed by atoms with Gasteiger partial charge in [0.2, 0.25) is 0 Å². The molecule has 29 heavy (non-hydrogen) atoms. The lowest BCUT2D eigenvalue weighted by atomic mass is 10.0. The summed E-state index contributed by atoms with van der Waals surface area (Å²) in [7, 11) is 0. The van der Waals surface area contributed by atoms with Crippen LogP contribution in [0.2, 0.25) is 10.0 Å². The van der Waals surface area contributed by atoms with Crippen LogP contribution in [0, 0.1) is 16.7 Å². The number of guanidine groups is 2. The molecule has 1 aromatic carbocycles. The molecule has 0 heterocycles. The molecule has 0 aromatic heterocycles. The maximum atomic E-state index is 7.85. The van der Waals surface area contributed by atoms with Gasteiger partial charge < -0.3 is 15.4 Å². The maximum Gasteiger partial charge on any atom is 0.195 e. The lowest BCUT2D eigenvalue weighted by Crippen LogP contribution is -2.45. The van der Waals surface area contributed by atoms with Gasteiger partial charge in [-0.1, -0.05) is 62.4 Å². The van der Waals surface area contributed by atoms with Crippen molar-refractivity contribution < 1.29 is 4.74 Å². The van der Waals surface area contributed by atoms with Crippen molar-refractivity contribution >= 4 is 47.5 Å². The molecule has 1 aromatic rings. The van der Waals surface area contributed by atoms with Gasteiger partial charge >= 0.3 is 0 Å². The molecule has 0 fully saturated rings. The predicted octanol–water partition coefficient (Wildman–Crippen LogP) is 5.18. The number of ether oxygens (including phenoxy) is 1. The molecule has 1 unspecified atom stereocenters. The first-order chi connectivity index (χ1) is 13.5. The molecule has 1 rings (SSSR count). The van der Waals surface area contributed by atoms with Gasteiger partial charge in [-0.25, -0.2) is 0 Å².